The van der Waals surface area contributed by atoms with Crippen LogP contribution in [0.3, 0.4) is 0 Å². The van der Waals surface area contributed by atoms with Gasteiger partial charge >= 0.3 is 5.97 Å². The fourth-order valence-electron chi connectivity index (χ4n) is 2.85. The van der Waals surface area contributed by atoms with Crippen LogP contribution in [-0.4, -0.2) is 29.5 Å². The lowest BCUT2D eigenvalue weighted by molar-refractivity contribution is -0.124. The number of amides is 1. The Morgan fingerprint density at radius 3 is 2.70 bits per heavy atom. The third kappa shape index (κ3) is 4.17. The van der Waals surface area contributed by atoms with E-state index in [0.29, 0.717) is 22.2 Å². The van der Waals surface area contributed by atoms with Crippen molar-refractivity contribution < 1.29 is 14.3 Å². The van der Waals surface area contributed by atoms with E-state index < -0.39 is 5.97 Å². The van der Waals surface area contributed by atoms with Crippen LogP contribution in [0.15, 0.2) is 59.1 Å². The highest BCUT2D eigenvalue weighted by Crippen LogP contribution is 2.27. The molecule has 0 spiro atoms. The van der Waals surface area contributed by atoms with Crippen molar-refractivity contribution in [3.05, 3.63) is 64.6 Å². The Labute approximate surface area is 164 Å². The van der Waals surface area contributed by atoms with Crippen molar-refractivity contribution in [3.63, 3.8) is 0 Å². The van der Waals surface area contributed by atoms with Gasteiger partial charge in [0.2, 0.25) is 0 Å². The molecule has 5 nitrogen and oxygen atoms in total. The van der Waals surface area contributed by atoms with Gasteiger partial charge in [0.1, 0.15) is 0 Å². The molecule has 0 saturated heterocycles. The minimum Gasteiger partial charge on any atom is -0.452 e. The van der Waals surface area contributed by atoms with E-state index in [1.807, 2.05) is 48.5 Å². The normalized spacial score (nSPS) is 13.4. The lowest BCUT2D eigenvalue weighted by atomic mass is 10.0. The second kappa shape index (κ2) is 7.48. The Hall–Kier alpha value is -2.73. The van der Waals surface area contributed by atoms with Crippen LogP contribution in [0.5, 0.6) is 0 Å². The van der Waals surface area contributed by atoms with Crippen LogP contribution < -0.4 is 5.32 Å². The molecule has 1 amide bonds. The minimum absolute atomic E-state index is 0.237. The molecule has 6 heteroatoms. The summed E-state index contributed by atoms with van der Waals surface area (Å²) in [5.74, 6) is -0.799. The monoisotopic (exact) mass is 424 g/mol. The van der Waals surface area contributed by atoms with E-state index in [1.54, 1.807) is 6.07 Å². The molecule has 1 fully saturated rings. The number of hydrogen-bond donors (Lipinski definition) is 1. The Kier molecular flexibility index (Phi) is 4.90. The zero-order valence-corrected chi connectivity index (χ0v) is 16.0. The van der Waals surface area contributed by atoms with Crippen molar-refractivity contribution in [1.82, 2.24) is 10.3 Å². The summed E-state index contributed by atoms with van der Waals surface area (Å²) in [4.78, 5) is 29.2. The maximum atomic E-state index is 12.7. The molecule has 1 N–H and O–H groups in total. The Balaban J connectivity index is 1.65. The molecule has 0 bridgehead atoms. The maximum absolute atomic E-state index is 12.7. The first-order valence-corrected chi connectivity index (χ1v) is 9.52. The number of hydrogen-bond acceptors (Lipinski definition) is 4. The summed E-state index contributed by atoms with van der Waals surface area (Å²) < 4.78 is 6.18. The Morgan fingerprint density at radius 2 is 1.93 bits per heavy atom. The van der Waals surface area contributed by atoms with E-state index in [-0.39, 0.29) is 18.6 Å². The number of ether oxygens (including phenoxy) is 1. The van der Waals surface area contributed by atoms with Gasteiger partial charge in [-0.3, -0.25) is 4.79 Å². The van der Waals surface area contributed by atoms with Gasteiger partial charge in [-0.1, -0.05) is 46.3 Å². The highest BCUT2D eigenvalue weighted by Gasteiger charge is 2.24. The summed E-state index contributed by atoms with van der Waals surface area (Å²) in [6.07, 6.45) is 1.98. The Morgan fingerprint density at radius 1 is 1.11 bits per heavy atom. The average Bonchev–Trinajstić information content (AvgIpc) is 3.49. The molecular formula is C21H17BrN2O3. The average molecular weight is 425 g/mol. The molecule has 1 aromatic heterocycles. The molecule has 0 unspecified atom stereocenters. The highest BCUT2D eigenvalue weighted by molar-refractivity contribution is 9.10. The summed E-state index contributed by atoms with van der Waals surface area (Å²) >= 11 is 3.46. The third-order valence-electron chi connectivity index (χ3n) is 4.33. The number of carbonyl (C=O) groups is 2. The highest BCUT2D eigenvalue weighted by atomic mass is 79.9. The molecule has 1 aliphatic rings. The number of carbonyl (C=O) groups excluding carboxylic acids is 2. The number of halogens is 1. The molecule has 136 valence electrons. The smallest absolute Gasteiger partial charge is 0.339 e. The second-order valence-electron chi connectivity index (χ2n) is 6.50. The zero-order chi connectivity index (χ0) is 18.8. The number of para-hydroxylation sites is 1. The molecular weight excluding hydrogens is 408 g/mol. The first-order chi connectivity index (χ1) is 13.1. The maximum Gasteiger partial charge on any atom is 0.339 e. The van der Waals surface area contributed by atoms with Gasteiger partial charge in [0.05, 0.1) is 16.8 Å². The van der Waals surface area contributed by atoms with Crippen molar-refractivity contribution in [1.29, 1.82) is 0 Å². The molecule has 0 radical (unpaired) electrons. The fourth-order valence-corrected chi connectivity index (χ4v) is 3.25. The van der Waals surface area contributed by atoms with Crippen LogP contribution >= 0.6 is 15.9 Å². The lowest BCUT2D eigenvalue weighted by Crippen LogP contribution is -2.30. The van der Waals surface area contributed by atoms with Gasteiger partial charge in [-0.2, -0.15) is 0 Å². The van der Waals surface area contributed by atoms with Gasteiger partial charge in [-0.25, -0.2) is 9.78 Å². The lowest BCUT2D eigenvalue weighted by Gasteiger charge is -2.10. The van der Waals surface area contributed by atoms with Crippen LogP contribution in [0.25, 0.3) is 22.2 Å². The zero-order valence-electron chi connectivity index (χ0n) is 14.4. The number of pyridine rings is 1. The molecule has 27 heavy (non-hydrogen) atoms. The van der Waals surface area contributed by atoms with Crippen LogP contribution in [0, 0.1) is 0 Å². The number of nitrogens with zero attached hydrogens (tertiary/aromatic N) is 1. The number of fused-ring (bicyclic) bond motifs is 1. The third-order valence-corrected chi connectivity index (χ3v) is 4.83. The molecule has 2 aromatic carbocycles. The fraction of sp³-hybridized carbons (Fsp3) is 0.190. The summed E-state index contributed by atoms with van der Waals surface area (Å²) in [5.41, 5.74) is 2.65. The molecule has 4 rings (SSSR count). The molecule has 3 aromatic rings. The van der Waals surface area contributed by atoms with Crippen LogP contribution in [0.4, 0.5) is 0 Å². The van der Waals surface area contributed by atoms with Gasteiger partial charge in [-0.05, 0) is 37.1 Å². The predicted octanol–water partition coefficient (Wildman–Crippen LogP) is 4.10. The van der Waals surface area contributed by atoms with Crippen LogP contribution in [-0.2, 0) is 9.53 Å². The van der Waals surface area contributed by atoms with Gasteiger partial charge in [0, 0.05) is 21.5 Å². The quantitative estimate of drug-likeness (QED) is 0.625. The Bertz CT molecular complexity index is 1030. The largest absolute Gasteiger partial charge is 0.452 e. The van der Waals surface area contributed by atoms with E-state index in [2.05, 4.69) is 26.2 Å². The number of aromatic nitrogens is 1. The van der Waals surface area contributed by atoms with Gasteiger partial charge in [-0.15, -0.1) is 0 Å². The van der Waals surface area contributed by atoms with E-state index in [9.17, 15) is 9.59 Å². The molecule has 0 aliphatic heterocycles. The second-order valence-corrected chi connectivity index (χ2v) is 7.42. The van der Waals surface area contributed by atoms with E-state index in [0.717, 1.165) is 22.9 Å². The van der Waals surface area contributed by atoms with Crippen molar-refractivity contribution in [3.8, 4) is 11.3 Å². The number of esters is 1. The van der Waals surface area contributed by atoms with Gasteiger partial charge < -0.3 is 10.1 Å². The van der Waals surface area contributed by atoms with Crippen LogP contribution in [0.1, 0.15) is 23.2 Å². The van der Waals surface area contributed by atoms with Crippen molar-refractivity contribution >= 4 is 38.7 Å². The van der Waals surface area contributed by atoms with Crippen LogP contribution in [0.2, 0.25) is 0 Å². The SMILES string of the molecule is O=C(COC(=O)c1cc(-c2cccc(Br)c2)nc2ccccc12)NC1CC1. The summed E-state index contributed by atoms with van der Waals surface area (Å²) in [6.45, 7) is -0.280. The summed E-state index contributed by atoms with van der Waals surface area (Å²) in [6, 6.07) is 17.1. The topological polar surface area (TPSA) is 68.3 Å². The summed E-state index contributed by atoms with van der Waals surface area (Å²) in [5, 5.41) is 3.51. The van der Waals surface area contributed by atoms with Crippen molar-refractivity contribution in [2.45, 2.75) is 18.9 Å². The first-order valence-electron chi connectivity index (χ1n) is 8.72. The van der Waals surface area contributed by atoms with E-state index in [1.165, 1.54) is 0 Å². The molecule has 1 aliphatic carbocycles. The number of benzene rings is 2. The van der Waals surface area contributed by atoms with Gasteiger partial charge in [0.25, 0.3) is 5.91 Å². The summed E-state index contributed by atoms with van der Waals surface area (Å²) in [7, 11) is 0. The number of rotatable bonds is 5. The predicted molar refractivity (Wildman–Crippen MR) is 106 cm³/mol. The molecule has 0 atom stereocenters. The van der Waals surface area contributed by atoms with Crippen molar-refractivity contribution in [2.24, 2.45) is 0 Å². The standard InChI is InChI=1S/C21H17BrN2O3/c22-14-5-3-4-13(10-14)19-11-17(16-6-1-2-7-18(16)24-19)21(26)27-12-20(25)23-15-8-9-15/h1-7,10-11,15H,8-9,12H2,(H,23,25). The minimum atomic E-state index is -0.532. The first kappa shape index (κ1) is 17.7. The number of nitrogens with one attached hydrogen (secondary N) is 1. The molecule has 1 saturated carbocycles. The van der Waals surface area contributed by atoms with Gasteiger partial charge in [0.15, 0.2) is 6.61 Å². The molecule has 1 heterocycles. The van der Waals surface area contributed by atoms with E-state index in [4.69, 9.17) is 4.74 Å². The van der Waals surface area contributed by atoms with E-state index >= 15 is 0 Å². The van der Waals surface area contributed by atoms with Crippen molar-refractivity contribution in [2.75, 3.05) is 6.61 Å².